The molecule has 3 aromatic rings. The van der Waals surface area contributed by atoms with Crippen molar-refractivity contribution in [1.29, 1.82) is 0 Å². The van der Waals surface area contributed by atoms with Gasteiger partial charge in [0.2, 0.25) is 5.91 Å². The van der Waals surface area contributed by atoms with E-state index in [0.717, 1.165) is 16.9 Å². The average Bonchev–Trinajstić information content (AvgIpc) is 3.12. The van der Waals surface area contributed by atoms with Crippen molar-refractivity contribution >= 4 is 29.1 Å². The molecule has 0 radical (unpaired) electrons. The fourth-order valence-corrected chi connectivity index (χ4v) is 4.13. The smallest absolute Gasteiger partial charge is 0.269 e. The summed E-state index contributed by atoms with van der Waals surface area (Å²) < 4.78 is 0. The van der Waals surface area contributed by atoms with E-state index in [1.54, 1.807) is 36.4 Å². The Bertz CT molecular complexity index is 1250. The number of benzene rings is 3. The highest BCUT2D eigenvalue weighted by molar-refractivity contribution is 6.23. The van der Waals surface area contributed by atoms with Crippen LogP contribution in [-0.2, 0) is 11.2 Å². The van der Waals surface area contributed by atoms with Gasteiger partial charge in [-0.15, -0.1) is 0 Å². The molecule has 0 aliphatic carbocycles. The molecule has 1 aliphatic rings. The average molecular weight is 472 g/mol. The number of amides is 3. The van der Waals surface area contributed by atoms with Gasteiger partial charge in [-0.1, -0.05) is 50.2 Å². The lowest BCUT2D eigenvalue weighted by atomic mass is 9.98. The molecule has 3 aromatic carbocycles. The Balaban J connectivity index is 1.63. The van der Waals surface area contributed by atoms with E-state index in [1.165, 1.54) is 24.3 Å². The van der Waals surface area contributed by atoms with Crippen molar-refractivity contribution in [2.75, 3.05) is 5.32 Å². The van der Waals surface area contributed by atoms with E-state index in [0.29, 0.717) is 17.2 Å². The van der Waals surface area contributed by atoms with E-state index in [4.69, 9.17) is 0 Å². The van der Waals surface area contributed by atoms with Gasteiger partial charge < -0.3 is 5.32 Å². The third-order valence-corrected chi connectivity index (χ3v) is 6.38. The van der Waals surface area contributed by atoms with Crippen LogP contribution in [0.5, 0.6) is 0 Å². The summed E-state index contributed by atoms with van der Waals surface area (Å²) in [4.78, 5) is 51.2. The molecule has 1 aliphatic heterocycles. The molecule has 4 rings (SSSR count). The number of nitrogens with one attached hydrogen (secondary N) is 1. The fraction of sp³-hybridized carbons (Fsp3) is 0.222. The second-order valence-corrected chi connectivity index (χ2v) is 8.59. The molecule has 2 atom stereocenters. The van der Waals surface area contributed by atoms with Crippen LogP contribution in [0.25, 0.3) is 0 Å². The Morgan fingerprint density at radius 3 is 2.03 bits per heavy atom. The molecule has 0 saturated carbocycles. The van der Waals surface area contributed by atoms with Crippen molar-refractivity contribution in [3.8, 4) is 0 Å². The molecule has 178 valence electrons. The van der Waals surface area contributed by atoms with E-state index < -0.39 is 28.7 Å². The second kappa shape index (κ2) is 9.89. The first-order chi connectivity index (χ1) is 16.8. The van der Waals surface area contributed by atoms with E-state index in [-0.39, 0.29) is 23.2 Å². The lowest BCUT2D eigenvalue weighted by Crippen LogP contribution is -2.48. The summed E-state index contributed by atoms with van der Waals surface area (Å²) in [6.07, 6.45) is 1.00. The van der Waals surface area contributed by atoms with E-state index in [2.05, 4.69) is 19.2 Å². The minimum absolute atomic E-state index is 0.0141. The Labute approximate surface area is 202 Å². The lowest BCUT2D eigenvalue weighted by molar-refractivity contribution is -0.384. The second-order valence-electron chi connectivity index (χ2n) is 8.59. The summed E-state index contributed by atoms with van der Waals surface area (Å²) in [6, 6.07) is 18.5. The Kier molecular flexibility index (Phi) is 6.73. The molecule has 1 heterocycles. The molecule has 0 saturated heterocycles. The number of hydrogen-bond acceptors (Lipinski definition) is 5. The maximum absolute atomic E-state index is 13.4. The first-order valence-electron chi connectivity index (χ1n) is 11.4. The number of hydrogen-bond donors (Lipinski definition) is 1. The van der Waals surface area contributed by atoms with Crippen LogP contribution in [0.3, 0.4) is 0 Å². The van der Waals surface area contributed by atoms with Crippen molar-refractivity contribution in [3.05, 3.63) is 105 Å². The number of anilines is 1. The van der Waals surface area contributed by atoms with Gasteiger partial charge in [-0.3, -0.25) is 29.4 Å². The monoisotopic (exact) mass is 471 g/mol. The van der Waals surface area contributed by atoms with Crippen molar-refractivity contribution in [2.45, 2.75) is 38.6 Å². The van der Waals surface area contributed by atoms with Gasteiger partial charge >= 0.3 is 0 Å². The molecular formula is C27H25N3O5. The topological polar surface area (TPSA) is 110 Å². The number of nitrogens with zero attached hydrogens (tertiary/aromatic N) is 2. The minimum atomic E-state index is -1.14. The van der Waals surface area contributed by atoms with Crippen LogP contribution < -0.4 is 5.32 Å². The lowest BCUT2D eigenvalue weighted by Gasteiger charge is -2.25. The highest BCUT2D eigenvalue weighted by atomic mass is 16.6. The maximum atomic E-state index is 13.4. The minimum Gasteiger partial charge on any atom is -0.324 e. The highest BCUT2D eigenvalue weighted by Gasteiger charge is 2.42. The zero-order chi connectivity index (χ0) is 25.1. The maximum Gasteiger partial charge on any atom is 0.269 e. The summed E-state index contributed by atoms with van der Waals surface area (Å²) >= 11 is 0. The summed E-state index contributed by atoms with van der Waals surface area (Å²) in [5.41, 5.74) is 2.69. The van der Waals surface area contributed by atoms with E-state index in [1.807, 2.05) is 12.1 Å². The molecule has 0 spiro atoms. The molecule has 0 fully saturated rings. The van der Waals surface area contributed by atoms with Crippen molar-refractivity contribution in [2.24, 2.45) is 0 Å². The highest BCUT2D eigenvalue weighted by Crippen LogP contribution is 2.27. The third-order valence-electron chi connectivity index (χ3n) is 6.38. The molecular weight excluding hydrogens is 446 g/mol. The quantitative estimate of drug-likeness (QED) is 0.284. The largest absolute Gasteiger partial charge is 0.324 e. The number of imide groups is 1. The van der Waals surface area contributed by atoms with Crippen LogP contribution in [0.2, 0.25) is 0 Å². The standard InChI is InChI=1S/C27H25N3O5/c1-3-17(2)19-10-12-20(13-11-19)28-25(31)24(16-18-8-14-21(15-9-18)30(34)35)29-26(32)22-6-4-5-7-23(22)27(29)33/h4-15,17,24H,3,16H2,1-2H3,(H,28,31)/t17-,24-/m1/s1. The van der Waals surface area contributed by atoms with Gasteiger partial charge in [-0.05, 0) is 47.7 Å². The normalized spacial score (nSPS) is 14.4. The van der Waals surface area contributed by atoms with Gasteiger partial charge in [-0.2, -0.15) is 0 Å². The zero-order valence-corrected chi connectivity index (χ0v) is 19.4. The van der Waals surface area contributed by atoms with Crippen molar-refractivity contribution in [1.82, 2.24) is 4.90 Å². The third kappa shape index (κ3) is 4.82. The van der Waals surface area contributed by atoms with Crippen molar-refractivity contribution in [3.63, 3.8) is 0 Å². The molecule has 1 N–H and O–H groups in total. The van der Waals surface area contributed by atoms with Gasteiger partial charge in [0.1, 0.15) is 6.04 Å². The molecule has 8 nitrogen and oxygen atoms in total. The van der Waals surface area contributed by atoms with Crippen LogP contribution in [0.4, 0.5) is 11.4 Å². The van der Waals surface area contributed by atoms with E-state index >= 15 is 0 Å². The van der Waals surface area contributed by atoms with Crippen LogP contribution in [-0.4, -0.2) is 33.6 Å². The molecule has 3 amide bonds. The molecule has 0 aromatic heterocycles. The summed E-state index contributed by atoms with van der Waals surface area (Å²) in [5, 5.41) is 13.8. The number of nitro benzene ring substituents is 1. The van der Waals surface area contributed by atoms with Crippen molar-refractivity contribution < 1.29 is 19.3 Å². The number of non-ortho nitro benzene ring substituents is 1. The predicted octanol–water partition coefficient (Wildman–Crippen LogP) is 4.95. The zero-order valence-electron chi connectivity index (χ0n) is 19.4. The summed E-state index contributed by atoms with van der Waals surface area (Å²) in [7, 11) is 0. The van der Waals surface area contributed by atoms with Gasteiger partial charge in [-0.25, -0.2) is 0 Å². The first-order valence-corrected chi connectivity index (χ1v) is 11.4. The Hall–Kier alpha value is -4.33. The Morgan fingerprint density at radius 1 is 0.943 bits per heavy atom. The number of fused-ring (bicyclic) bond motifs is 1. The summed E-state index contributed by atoms with van der Waals surface area (Å²) in [6.45, 7) is 4.22. The van der Waals surface area contributed by atoms with Crippen LogP contribution in [0.1, 0.15) is 58.0 Å². The predicted molar refractivity (Wildman–Crippen MR) is 131 cm³/mol. The molecule has 8 heteroatoms. The Morgan fingerprint density at radius 2 is 1.51 bits per heavy atom. The number of rotatable bonds is 8. The van der Waals surface area contributed by atoms with Gasteiger partial charge in [0.25, 0.3) is 17.5 Å². The molecule has 35 heavy (non-hydrogen) atoms. The fourth-order valence-electron chi connectivity index (χ4n) is 4.13. The van der Waals surface area contributed by atoms with Crippen LogP contribution in [0, 0.1) is 10.1 Å². The van der Waals surface area contributed by atoms with Crippen LogP contribution in [0.15, 0.2) is 72.8 Å². The van der Waals surface area contributed by atoms with Gasteiger partial charge in [0.05, 0.1) is 16.1 Å². The van der Waals surface area contributed by atoms with Gasteiger partial charge in [0.15, 0.2) is 0 Å². The molecule has 0 bridgehead atoms. The SMILES string of the molecule is CC[C@@H](C)c1ccc(NC(=O)[C@@H](Cc2ccc([N+](=O)[O-])cc2)N2C(=O)c3ccccc3C2=O)cc1. The number of carbonyl (C=O) groups is 3. The first kappa shape index (κ1) is 23.8. The summed E-state index contributed by atoms with van der Waals surface area (Å²) in [5.74, 6) is -1.22. The van der Waals surface area contributed by atoms with Gasteiger partial charge in [0, 0.05) is 24.2 Å². The van der Waals surface area contributed by atoms with E-state index in [9.17, 15) is 24.5 Å². The number of carbonyl (C=O) groups excluding carboxylic acids is 3. The molecule has 0 unspecified atom stereocenters. The number of nitro groups is 1. The van der Waals surface area contributed by atoms with Crippen LogP contribution >= 0.6 is 0 Å².